The molecule has 0 bridgehead atoms. The minimum Gasteiger partial charge on any atom is -0.388 e. The van der Waals surface area contributed by atoms with Crippen LogP contribution in [0, 0.1) is 0 Å². The Morgan fingerprint density at radius 1 is 1.62 bits per heavy atom. The van der Waals surface area contributed by atoms with Crippen molar-refractivity contribution in [3.8, 4) is 0 Å². The van der Waals surface area contributed by atoms with Gasteiger partial charge in [0.05, 0.1) is 11.3 Å². The molecule has 0 aliphatic carbocycles. The summed E-state index contributed by atoms with van der Waals surface area (Å²) in [4.78, 5) is 0. The smallest absolute Gasteiger partial charge is 0.0833 e. The molecule has 0 radical (unpaired) electrons. The minimum absolute atomic E-state index is 0.600. The van der Waals surface area contributed by atoms with Crippen molar-refractivity contribution in [1.82, 2.24) is 15.1 Å². The van der Waals surface area contributed by atoms with Gasteiger partial charge in [-0.3, -0.25) is 4.68 Å². The normalized spacial score (nSPS) is 15.0. The molecule has 1 aromatic heterocycles. The maximum atomic E-state index is 9.96. The number of nitrogens with one attached hydrogen (secondary N) is 1. The number of aliphatic hydroxyl groups is 1. The molecule has 0 fully saturated rings. The molecule has 0 spiro atoms. The van der Waals surface area contributed by atoms with E-state index in [1.165, 1.54) is 0 Å². The maximum Gasteiger partial charge on any atom is 0.0833 e. The van der Waals surface area contributed by atoms with E-state index >= 15 is 0 Å². The molecule has 16 heavy (non-hydrogen) atoms. The summed E-state index contributed by atoms with van der Waals surface area (Å²) in [5.74, 6) is 0.743. The Morgan fingerprint density at radius 3 is 3.00 bits per heavy atom. The van der Waals surface area contributed by atoms with Gasteiger partial charge < -0.3 is 10.4 Å². The average Bonchev–Trinajstić information content (AvgIpc) is 2.64. The molecule has 0 amide bonds. The highest BCUT2D eigenvalue weighted by atomic mass is 32.2. The van der Waals surface area contributed by atoms with E-state index in [4.69, 9.17) is 0 Å². The number of hydrogen-bond donors (Lipinski definition) is 2. The highest BCUT2D eigenvalue weighted by Crippen LogP contribution is 2.09. The zero-order valence-corrected chi connectivity index (χ0v) is 11.0. The third-order valence-corrected chi connectivity index (χ3v) is 3.28. The lowest BCUT2D eigenvalue weighted by Gasteiger charge is -2.22. The number of nitrogens with zero attached hydrogens (tertiary/aromatic N) is 2. The van der Waals surface area contributed by atoms with Crippen molar-refractivity contribution in [2.75, 3.05) is 18.6 Å². The highest BCUT2D eigenvalue weighted by molar-refractivity contribution is 7.98. The largest absolute Gasteiger partial charge is 0.388 e. The summed E-state index contributed by atoms with van der Waals surface area (Å²) < 4.78 is 1.95. The van der Waals surface area contributed by atoms with Gasteiger partial charge in [-0.05, 0) is 26.2 Å². The van der Waals surface area contributed by atoms with Gasteiger partial charge in [0.15, 0.2) is 0 Å². The molecule has 92 valence electrons. The van der Waals surface area contributed by atoms with E-state index in [9.17, 15) is 5.11 Å². The maximum absolute atomic E-state index is 9.96. The predicted octanol–water partition coefficient (Wildman–Crippen LogP) is 1.11. The Balaban J connectivity index is 2.35. The van der Waals surface area contributed by atoms with Crippen LogP contribution in [0.1, 0.15) is 19.5 Å². The Labute approximate surface area is 101 Å². The van der Waals surface area contributed by atoms with Crippen LogP contribution in [0.25, 0.3) is 0 Å². The fourth-order valence-corrected chi connectivity index (χ4v) is 2.34. The zero-order valence-electron chi connectivity index (χ0n) is 10.2. The van der Waals surface area contributed by atoms with Gasteiger partial charge in [-0.25, -0.2) is 0 Å². The lowest BCUT2D eigenvalue weighted by Crippen LogP contribution is -2.39. The van der Waals surface area contributed by atoms with Crippen LogP contribution in [-0.4, -0.2) is 39.0 Å². The van der Waals surface area contributed by atoms with E-state index in [0.29, 0.717) is 6.54 Å². The Kier molecular flexibility index (Phi) is 5.31. The van der Waals surface area contributed by atoms with Crippen molar-refractivity contribution in [3.05, 3.63) is 18.0 Å². The Morgan fingerprint density at radius 2 is 2.38 bits per heavy atom. The van der Waals surface area contributed by atoms with Crippen molar-refractivity contribution >= 4 is 11.8 Å². The molecule has 1 heterocycles. The summed E-state index contributed by atoms with van der Waals surface area (Å²) in [7, 11) is 0. The molecule has 0 aliphatic heterocycles. The van der Waals surface area contributed by atoms with Crippen LogP contribution in [0.15, 0.2) is 12.3 Å². The number of aryl methyl sites for hydroxylation is 1. The van der Waals surface area contributed by atoms with Crippen LogP contribution in [0.4, 0.5) is 0 Å². The van der Waals surface area contributed by atoms with E-state index in [1.54, 1.807) is 18.0 Å². The number of hydrogen-bond acceptors (Lipinski definition) is 4. The molecule has 1 atom stereocenters. The summed E-state index contributed by atoms with van der Waals surface area (Å²) in [6, 6.07) is 2.00. The second-order valence-corrected chi connectivity index (χ2v) is 5.04. The van der Waals surface area contributed by atoms with Gasteiger partial charge in [0.1, 0.15) is 0 Å². The summed E-state index contributed by atoms with van der Waals surface area (Å²) in [5, 5.41) is 17.4. The van der Waals surface area contributed by atoms with Gasteiger partial charge in [-0.2, -0.15) is 16.9 Å². The van der Waals surface area contributed by atoms with Crippen molar-refractivity contribution in [1.29, 1.82) is 0 Å². The fourth-order valence-electron chi connectivity index (χ4n) is 1.62. The van der Waals surface area contributed by atoms with E-state index < -0.39 is 5.60 Å². The Bertz CT molecular complexity index is 312. The molecule has 0 saturated carbocycles. The first kappa shape index (κ1) is 13.5. The van der Waals surface area contributed by atoms with Crippen molar-refractivity contribution < 1.29 is 5.11 Å². The van der Waals surface area contributed by atoms with Gasteiger partial charge in [0.2, 0.25) is 0 Å². The van der Waals surface area contributed by atoms with Gasteiger partial charge >= 0.3 is 0 Å². The van der Waals surface area contributed by atoms with Crippen molar-refractivity contribution in [2.45, 2.75) is 32.5 Å². The van der Waals surface area contributed by atoms with E-state index in [2.05, 4.69) is 17.3 Å². The topological polar surface area (TPSA) is 50.1 Å². The summed E-state index contributed by atoms with van der Waals surface area (Å²) in [5.41, 5.74) is 0.513. The van der Waals surface area contributed by atoms with E-state index in [1.807, 2.05) is 23.9 Å². The Hall–Kier alpha value is -0.520. The van der Waals surface area contributed by atoms with Gasteiger partial charge in [-0.15, -0.1) is 0 Å². The molecule has 1 aromatic rings. The van der Waals surface area contributed by atoms with Crippen molar-refractivity contribution in [2.24, 2.45) is 0 Å². The van der Waals surface area contributed by atoms with Gasteiger partial charge in [0, 0.05) is 31.6 Å². The van der Waals surface area contributed by atoms with Crippen LogP contribution in [-0.2, 0) is 13.1 Å². The summed E-state index contributed by atoms with van der Waals surface area (Å²) in [6.45, 7) is 6.15. The van der Waals surface area contributed by atoms with Crippen LogP contribution in [0.5, 0.6) is 0 Å². The van der Waals surface area contributed by atoms with Gasteiger partial charge in [-0.1, -0.05) is 0 Å². The second kappa shape index (κ2) is 6.27. The monoisotopic (exact) mass is 243 g/mol. The predicted molar refractivity (Wildman–Crippen MR) is 68.6 cm³/mol. The van der Waals surface area contributed by atoms with Crippen LogP contribution in [0.3, 0.4) is 0 Å². The second-order valence-electron chi connectivity index (χ2n) is 4.17. The SMILES string of the molecule is CCn1nccc1CNCC(C)(O)CSC. The molecule has 2 N–H and O–H groups in total. The third-order valence-electron chi connectivity index (χ3n) is 2.37. The number of rotatable bonds is 7. The quantitative estimate of drug-likeness (QED) is 0.753. The molecule has 4 nitrogen and oxygen atoms in total. The van der Waals surface area contributed by atoms with E-state index in [-0.39, 0.29) is 0 Å². The molecular weight excluding hydrogens is 222 g/mol. The standard InChI is InChI=1S/C11H21N3OS/c1-4-14-10(5-6-13-14)7-12-8-11(2,15)9-16-3/h5-6,12,15H,4,7-9H2,1-3H3. The molecular formula is C11H21N3OS. The van der Waals surface area contributed by atoms with Crippen LogP contribution >= 0.6 is 11.8 Å². The molecule has 1 unspecified atom stereocenters. The highest BCUT2D eigenvalue weighted by Gasteiger charge is 2.18. The molecule has 5 heteroatoms. The lowest BCUT2D eigenvalue weighted by molar-refractivity contribution is 0.0844. The third kappa shape index (κ3) is 4.15. The minimum atomic E-state index is -0.642. The number of aromatic nitrogens is 2. The first-order valence-corrected chi connectivity index (χ1v) is 6.91. The van der Waals surface area contributed by atoms with Crippen molar-refractivity contribution in [3.63, 3.8) is 0 Å². The molecule has 0 aliphatic rings. The average molecular weight is 243 g/mol. The molecule has 0 aromatic carbocycles. The summed E-state index contributed by atoms with van der Waals surface area (Å²) in [6.07, 6.45) is 3.81. The molecule has 0 saturated heterocycles. The first-order valence-electron chi connectivity index (χ1n) is 5.52. The molecule has 1 rings (SSSR count). The van der Waals surface area contributed by atoms with E-state index in [0.717, 1.165) is 24.5 Å². The zero-order chi connectivity index (χ0) is 12.0. The fraction of sp³-hybridized carbons (Fsp3) is 0.727. The summed E-state index contributed by atoms with van der Waals surface area (Å²) >= 11 is 1.66. The van der Waals surface area contributed by atoms with Gasteiger partial charge in [0.25, 0.3) is 0 Å². The van der Waals surface area contributed by atoms with Crippen LogP contribution < -0.4 is 5.32 Å². The lowest BCUT2D eigenvalue weighted by atomic mass is 10.1. The van der Waals surface area contributed by atoms with Crippen LogP contribution in [0.2, 0.25) is 0 Å². The first-order chi connectivity index (χ1) is 7.59. The number of thioether (sulfide) groups is 1.